The molecule has 1 aromatic carbocycles. The van der Waals surface area contributed by atoms with Crippen LogP contribution in [0.4, 0.5) is 0 Å². The fourth-order valence-corrected chi connectivity index (χ4v) is 5.43. The molecule has 2 amide bonds. The van der Waals surface area contributed by atoms with Crippen molar-refractivity contribution in [1.82, 2.24) is 15.5 Å². The van der Waals surface area contributed by atoms with Gasteiger partial charge in [-0.15, -0.1) is 35.7 Å². The molecule has 1 saturated heterocycles. The Balaban J connectivity index is 0.00000256. The third kappa shape index (κ3) is 4.69. The number of aryl methyl sites for hydroxylation is 1. The molecule has 1 aliphatic heterocycles. The predicted octanol–water partition coefficient (Wildman–Crippen LogP) is 2.68. The van der Waals surface area contributed by atoms with Crippen LogP contribution in [0, 0.1) is 30.6 Å². The Kier molecular flexibility index (Phi) is 7.84. The van der Waals surface area contributed by atoms with Gasteiger partial charge in [-0.25, -0.2) is 0 Å². The zero-order valence-electron chi connectivity index (χ0n) is 17.3. The highest BCUT2D eigenvalue weighted by atomic mass is 127. The average molecular weight is 540 g/mol. The van der Waals surface area contributed by atoms with Crippen LogP contribution in [0.25, 0.3) is 0 Å². The van der Waals surface area contributed by atoms with Crippen molar-refractivity contribution in [1.29, 1.82) is 0 Å². The Morgan fingerprint density at radius 2 is 1.67 bits per heavy atom. The van der Waals surface area contributed by atoms with Crippen molar-refractivity contribution in [3.05, 3.63) is 42.0 Å². The third-order valence-corrected chi connectivity index (χ3v) is 7.11. The van der Waals surface area contributed by atoms with E-state index in [4.69, 9.17) is 0 Å². The maximum Gasteiger partial charge on any atom is 0.233 e. The van der Waals surface area contributed by atoms with E-state index in [1.807, 2.05) is 0 Å². The molecule has 162 valence electrons. The minimum Gasteiger partial charge on any atom is -0.356 e. The topological polar surface area (TPSA) is 73.8 Å². The van der Waals surface area contributed by atoms with Gasteiger partial charge in [0.25, 0.3) is 0 Å². The van der Waals surface area contributed by atoms with Gasteiger partial charge in [0.1, 0.15) is 0 Å². The second-order valence-corrected chi connectivity index (χ2v) is 9.08. The molecular weight excluding hydrogens is 511 g/mol. The molecule has 2 aliphatic carbocycles. The van der Waals surface area contributed by atoms with E-state index in [0.717, 1.165) is 18.7 Å². The smallest absolute Gasteiger partial charge is 0.233 e. The van der Waals surface area contributed by atoms with Crippen molar-refractivity contribution in [3.8, 4) is 0 Å². The number of carbonyl (C=O) groups excluding carboxylic acids is 2. The number of nitrogens with one attached hydrogen (secondary N) is 2. The number of hydrogen-bond donors (Lipinski definition) is 2. The molecule has 0 radical (unpaired) electrons. The van der Waals surface area contributed by atoms with Crippen LogP contribution >= 0.6 is 35.7 Å². The maximum atomic E-state index is 12.7. The van der Waals surface area contributed by atoms with Crippen molar-refractivity contribution < 1.29 is 9.59 Å². The molecule has 0 aromatic heterocycles. The van der Waals surface area contributed by atoms with Gasteiger partial charge in [-0.3, -0.25) is 19.5 Å². The lowest BCUT2D eigenvalue weighted by molar-refractivity contribution is -0.140. The zero-order chi connectivity index (χ0) is 20.4. The first kappa shape index (κ1) is 23.1. The highest BCUT2D eigenvalue weighted by molar-refractivity contribution is 14.0. The number of rotatable bonds is 7. The zero-order valence-corrected chi connectivity index (χ0v) is 20.5. The molecule has 30 heavy (non-hydrogen) atoms. The molecule has 4 atom stereocenters. The van der Waals surface area contributed by atoms with E-state index in [9.17, 15) is 9.59 Å². The summed E-state index contributed by atoms with van der Waals surface area (Å²) < 4.78 is 0. The highest BCUT2D eigenvalue weighted by Crippen LogP contribution is 2.52. The van der Waals surface area contributed by atoms with Crippen LogP contribution in [0.2, 0.25) is 0 Å². The highest BCUT2D eigenvalue weighted by Gasteiger charge is 2.58. The molecule has 1 heterocycles. The van der Waals surface area contributed by atoms with Gasteiger partial charge in [-0.1, -0.05) is 29.8 Å². The summed E-state index contributed by atoms with van der Waals surface area (Å²) in [6.45, 7) is 3.76. The summed E-state index contributed by atoms with van der Waals surface area (Å²) in [4.78, 5) is 32.3. The Labute approximate surface area is 199 Å². The van der Waals surface area contributed by atoms with Crippen molar-refractivity contribution in [2.45, 2.75) is 18.2 Å². The lowest BCUT2D eigenvalue weighted by Gasteiger charge is -2.18. The number of amides is 2. The first-order chi connectivity index (χ1) is 14.1. The number of halogens is 1. The van der Waals surface area contributed by atoms with Crippen LogP contribution in [0.15, 0.2) is 46.3 Å². The Hall–Kier alpha value is -1.55. The van der Waals surface area contributed by atoms with E-state index in [1.54, 1.807) is 18.8 Å². The van der Waals surface area contributed by atoms with Gasteiger partial charge in [0, 0.05) is 37.3 Å². The van der Waals surface area contributed by atoms with Crippen LogP contribution in [0.5, 0.6) is 0 Å². The molecule has 2 fully saturated rings. The van der Waals surface area contributed by atoms with Gasteiger partial charge in [0.05, 0.1) is 11.8 Å². The Morgan fingerprint density at radius 3 is 2.27 bits per heavy atom. The molecule has 3 aliphatic rings. The molecule has 2 bridgehead atoms. The average Bonchev–Trinajstić information content (AvgIpc) is 3.40. The summed E-state index contributed by atoms with van der Waals surface area (Å²) in [5, 5.41) is 6.50. The van der Waals surface area contributed by atoms with Crippen molar-refractivity contribution in [3.63, 3.8) is 0 Å². The molecule has 4 unspecified atom stereocenters. The second-order valence-electron chi connectivity index (χ2n) is 7.92. The van der Waals surface area contributed by atoms with Crippen molar-refractivity contribution >= 4 is 53.5 Å². The SMILES string of the molecule is CN=C(NCCSc1ccc(C)cc1)NCCN1C(=O)C2C3C=CC(C3)C2C1=O.I. The van der Waals surface area contributed by atoms with Crippen molar-refractivity contribution in [2.24, 2.45) is 28.7 Å². The van der Waals surface area contributed by atoms with Gasteiger partial charge in [-0.2, -0.15) is 0 Å². The van der Waals surface area contributed by atoms with Gasteiger partial charge < -0.3 is 10.6 Å². The first-order valence-corrected chi connectivity index (χ1v) is 11.2. The molecule has 1 saturated carbocycles. The van der Waals surface area contributed by atoms with E-state index in [-0.39, 0.29) is 59.5 Å². The summed E-state index contributed by atoms with van der Waals surface area (Å²) >= 11 is 1.79. The number of guanidine groups is 1. The lowest BCUT2D eigenvalue weighted by atomic mass is 9.85. The molecule has 1 aromatic rings. The number of fused-ring (bicyclic) bond motifs is 5. The van der Waals surface area contributed by atoms with E-state index >= 15 is 0 Å². The number of nitrogens with zero attached hydrogens (tertiary/aromatic N) is 2. The summed E-state index contributed by atoms with van der Waals surface area (Å²) in [5.41, 5.74) is 1.26. The fraction of sp³-hybridized carbons (Fsp3) is 0.500. The van der Waals surface area contributed by atoms with Crippen LogP contribution in [-0.2, 0) is 9.59 Å². The normalized spacial score (nSPS) is 26.7. The van der Waals surface area contributed by atoms with Gasteiger partial charge in [-0.05, 0) is 37.3 Å². The number of hydrogen-bond acceptors (Lipinski definition) is 4. The summed E-state index contributed by atoms with van der Waals surface area (Å²) in [6, 6.07) is 8.50. The summed E-state index contributed by atoms with van der Waals surface area (Å²) in [5.74, 6) is 1.93. The monoisotopic (exact) mass is 540 g/mol. The number of thioether (sulfide) groups is 1. The van der Waals surface area contributed by atoms with Crippen LogP contribution in [0.1, 0.15) is 12.0 Å². The number of aliphatic imine (C=N–C) groups is 1. The number of carbonyl (C=O) groups is 2. The van der Waals surface area contributed by atoms with Crippen LogP contribution in [-0.4, -0.2) is 55.1 Å². The number of likely N-dealkylation sites (tertiary alicyclic amines) is 1. The van der Waals surface area contributed by atoms with Crippen LogP contribution in [0.3, 0.4) is 0 Å². The molecule has 0 spiro atoms. The predicted molar refractivity (Wildman–Crippen MR) is 131 cm³/mol. The summed E-state index contributed by atoms with van der Waals surface area (Å²) in [6.07, 6.45) is 5.22. The Bertz CT molecular complexity index is 812. The molecule has 2 N–H and O–H groups in total. The molecule has 4 rings (SSSR count). The molecule has 6 nitrogen and oxygen atoms in total. The van der Waals surface area contributed by atoms with E-state index in [0.29, 0.717) is 19.0 Å². The number of benzene rings is 1. The van der Waals surface area contributed by atoms with E-state index < -0.39 is 0 Å². The van der Waals surface area contributed by atoms with Gasteiger partial charge >= 0.3 is 0 Å². The second kappa shape index (κ2) is 10.2. The molecular formula is C22H29IN4O2S. The first-order valence-electron chi connectivity index (χ1n) is 10.3. The summed E-state index contributed by atoms with van der Waals surface area (Å²) in [7, 11) is 1.72. The standard InChI is InChI=1S/C22H28N4O2S.HI/c1-14-3-7-17(8-4-14)29-12-10-25-22(23-2)24-9-11-26-20(27)18-15-5-6-16(13-15)19(18)21(26)28;/h3-8,15-16,18-19H,9-13H2,1-2H3,(H2,23,24,25);1H. The minimum atomic E-state index is -0.117. The van der Waals surface area contributed by atoms with E-state index in [2.05, 4.69) is 59.0 Å². The van der Waals surface area contributed by atoms with Gasteiger partial charge in [0.15, 0.2) is 5.96 Å². The number of allylic oxidation sites excluding steroid dienone is 2. The Morgan fingerprint density at radius 1 is 1.07 bits per heavy atom. The fourth-order valence-electron chi connectivity index (χ4n) is 4.66. The lowest BCUT2D eigenvalue weighted by Crippen LogP contribution is -2.44. The quantitative estimate of drug-likeness (QED) is 0.106. The number of imide groups is 1. The van der Waals surface area contributed by atoms with Crippen LogP contribution < -0.4 is 10.6 Å². The molecule has 8 heteroatoms. The minimum absolute atomic E-state index is 0. The maximum absolute atomic E-state index is 12.7. The van der Waals surface area contributed by atoms with E-state index in [1.165, 1.54) is 15.4 Å². The van der Waals surface area contributed by atoms with Crippen molar-refractivity contribution in [2.75, 3.05) is 32.4 Å². The third-order valence-electron chi connectivity index (χ3n) is 6.10. The largest absolute Gasteiger partial charge is 0.356 e. The van der Waals surface area contributed by atoms with Gasteiger partial charge in [0.2, 0.25) is 11.8 Å².